The van der Waals surface area contributed by atoms with Crippen LogP contribution < -0.4 is 0 Å². The van der Waals surface area contributed by atoms with Crippen molar-refractivity contribution in [3.8, 4) is 6.07 Å². The summed E-state index contributed by atoms with van der Waals surface area (Å²) in [6.07, 6.45) is 0.688. The number of hydrogen-bond donors (Lipinski definition) is 0. The monoisotopic (exact) mass is 100 g/mol. The maximum absolute atomic E-state index is 11.8. The van der Waals surface area contributed by atoms with Gasteiger partial charge in [-0.15, -0.1) is 9.60 Å². The van der Waals surface area contributed by atoms with E-state index in [-0.39, 0.29) is 0 Å². The van der Waals surface area contributed by atoms with Crippen LogP contribution in [-0.4, -0.2) is 17.7 Å². The first kappa shape index (κ1) is 4.54. The third-order valence-electron chi connectivity index (χ3n) is 1.10. The fraction of sp³-hybridized carbons (Fsp3) is 0.750. The standard InChI is InChI=1S/C4H5FN2/c5-7-2-1-4(7)3-6/h4H,1-2H2. The minimum atomic E-state index is -0.444. The van der Waals surface area contributed by atoms with Crippen molar-refractivity contribution in [2.45, 2.75) is 12.5 Å². The molecular formula is C4H5FN2. The molecular weight excluding hydrogens is 95.1 g/mol. The minimum Gasteiger partial charge on any atom is -0.196 e. The molecule has 0 bridgehead atoms. The molecule has 1 rings (SSSR count). The van der Waals surface area contributed by atoms with Gasteiger partial charge in [0.2, 0.25) is 0 Å². The average molecular weight is 100 g/mol. The van der Waals surface area contributed by atoms with Gasteiger partial charge in [-0.25, -0.2) is 0 Å². The van der Waals surface area contributed by atoms with Gasteiger partial charge in [-0.2, -0.15) is 5.26 Å². The molecule has 1 fully saturated rings. The minimum absolute atomic E-state index is 0.429. The van der Waals surface area contributed by atoms with Gasteiger partial charge in [-0.1, -0.05) is 0 Å². The highest BCUT2D eigenvalue weighted by Gasteiger charge is 2.27. The Morgan fingerprint density at radius 2 is 2.57 bits per heavy atom. The molecule has 1 aliphatic heterocycles. The number of hydrogen-bond acceptors (Lipinski definition) is 2. The summed E-state index contributed by atoms with van der Waals surface area (Å²) in [5.74, 6) is 0. The highest BCUT2D eigenvalue weighted by Crippen LogP contribution is 2.15. The van der Waals surface area contributed by atoms with Gasteiger partial charge in [0.15, 0.2) is 0 Å². The Kier molecular flexibility index (Phi) is 0.953. The van der Waals surface area contributed by atoms with Crippen LogP contribution in [0.2, 0.25) is 0 Å². The second kappa shape index (κ2) is 1.47. The normalized spacial score (nSPS) is 31.1. The van der Waals surface area contributed by atoms with Crippen LogP contribution in [0.4, 0.5) is 4.48 Å². The van der Waals surface area contributed by atoms with Crippen LogP contribution >= 0.6 is 0 Å². The number of nitrogens with zero attached hydrogens (tertiary/aromatic N) is 2. The van der Waals surface area contributed by atoms with E-state index in [1.807, 2.05) is 0 Å². The second-order valence-corrected chi connectivity index (χ2v) is 1.56. The average Bonchev–Trinajstić information content (AvgIpc) is 1.65. The van der Waals surface area contributed by atoms with E-state index in [1.165, 1.54) is 0 Å². The van der Waals surface area contributed by atoms with E-state index < -0.39 is 6.04 Å². The molecule has 7 heavy (non-hydrogen) atoms. The molecule has 1 saturated heterocycles. The maximum atomic E-state index is 11.8. The fourth-order valence-corrected chi connectivity index (χ4v) is 0.483. The molecule has 0 spiro atoms. The van der Waals surface area contributed by atoms with Crippen LogP contribution in [0, 0.1) is 11.3 Å². The summed E-state index contributed by atoms with van der Waals surface area (Å²) < 4.78 is 11.8. The van der Waals surface area contributed by atoms with Gasteiger partial charge < -0.3 is 0 Å². The molecule has 1 heterocycles. The van der Waals surface area contributed by atoms with Crippen molar-refractivity contribution in [1.82, 2.24) is 5.12 Å². The molecule has 0 aliphatic carbocycles. The predicted octanol–water partition coefficient (Wildman–Crippen LogP) is 0.469. The summed E-state index contributed by atoms with van der Waals surface area (Å²) in [4.78, 5) is 0. The molecule has 1 unspecified atom stereocenters. The van der Waals surface area contributed by atoms with Crippen molar-refractivity contribution >= 4 is 0 Å². The third kappa shape index (κ3) is 0.570. The van der Waals surface area contributed by atoms with E-state index in [9.17, 15) is 4.48 Å². The lowest BCUT2D eigenvalue weighted by atomic mass is 10.1. The Morgan fingerprint density at radius 1 is 1.86 bits per heavy atom. The van der Waals surface area contributed by atoms with Crippen molar-refractivity contribution in [3.63, 3.8) is 0 Å². The van der Waals surface area contributed by atoms with Gasteiger partial charge in [0.1, 0.15) is 6.04 Å². The van der Waals surface area contributed by atoms with Gasteiger partial charge >= 0.3 is 0 Å². The van der Waals surface area contributed by atoms with Crippen molar-refractivity contribution in [2.24, 2.45) is 0 Å². The fourth-order valence-electron chi connectivity index (χ4n) is 0.483. The summed E-state index contributed by atoms with van der Waals surface area (Å²) in [6.45, 7) is 0.429. The zero-order valence-electron chi connectivity index (χ0n) is 3.76. The van der Waals surface area contributed by atoms with Crippen molar-refractivity contribution in [2.75, 3.05) is 6.54 Å². The topological polar surface area (TPSA) is 27.0 Å². The number of nitriles is 1. The van der Waals surface area contributed by atoms with E-state index in [2.05, 4.69) is 0 Å². The predicted molar refractivity (Wildman–Crippen MR) is 21.8 cm³/mol. The molecule has 0 saturated carbocycles. The van der Waals surface area contributed by atoms with E-state index in [4.69, 9.17) is 5.26 Å². The third-order valence-corrected chi connectivity index (χ3v) is 1.10. The molecule has 1 atom stereocenters. The van der Waals surface area contributed by atoms with Crippen molar-refractivity contribution < 1.29 is 4.48 Å². The van der Waals surface area contributed by atoms with Crippen LogP contribution in [-0.2, 0) is 0 Å². The Hall–Kier alpha value is -0.620. The highest BCUT2D eigenvalue weighted by molar-refractivity contribution is 4.95. The van der Waals surface area contributed by atoms with Gasteiger partial charge in [0.25, 0.3) is 0 Å². The van der Waals surface area contributed by atoms with Crippen molar-refractivity contribution in [1.29, 1.82) is 5.26 Å². The summed E-state index contributed by atoms with van der Waals surface area (Å²) in [5, 5.41) is 8.57. The molecule has 3 heteroatoms. The Balaban J connectivity index is 2.33. The van der Waals surface area contributed by atoms with E-state index in [0.29, 0.717) is 18.1 Å². The van der Waals surface area contributed by atoms with E-state index in [0.717, 1.165) is 0 Å². The second-order valence-electron chi connectivity index (χ2n) is 1.56. The van der Waals surface area contributed by atoms with Crippen molar-refractivity contribution in [3.05, 3.63) is 0 Å². The first-order valence-corrected chi connectivity index (χ1v) is 2.16. The smallest absolute Gasteiger partial charge is 0.128 e. The van der Waals surface area contributed by atoms with Crippen LogP contribution in [0.15, 0.2) is 0 Å². The first-order chi connectivity index (χ1) is 3.34. The van der Waals surface area contributed by atoms with Gasteiger partial charge in [0.05, 0.1) is 6.07 Å². The lowest BCUT2D eigenvalue weighted by Crippen LogP contribution is -2.40. The molecule has 0 aromatic heterocycles. The highest BCUT2D eigenvalue weighted by atomic mass is 19.2. The van der Waals surface area contributed by atoms with Crippen LogP contribution in [0.5, 0.6) is 0 Å². The van der Waals surface area contributed by atoms with Gasteiger partial charge in [-0.3, -0.25) is 0 Å². The number of halogens is 1. The van der Waals surface area contributed by atoms with E-state index >= 15 is 0 Å². The first-order valence-electron chi connectivity index (χ1n) is 2.16. The van der Waals surface area contributed by atoms with E-state index in [1.54, 1.807) is 6.07 Å². The summed E-state index contributed by atoms with van der Waals surface area (Å²) in [5.41, 5.74) is 0. The molecule has 1 aliphatic rings. The molecule has 0 amide bonds. The lowest BCUT2D eigenvalue weighted by Gasteiger charge is -2.26. The molecule has 0 aromatic rings. The summed E-state index contributed by atoms with van der Waals surface area (Å²) in [6, 6.07) is 1.36. The summed E-state index contributed by atoms with van der Waals surface area (Å²) in [7, 11) is 0. The molecule has 38 valence electrons. The molecule has 0 radical (unpaired) electrons. The Bertz CT molecular complexity index is 107. The van der Waals surface area contributed by atoms with Crippen LogP contribution in [0.3, 0.4) is 0 Å². The lowest BCUT2D eigenvalue weighted by molar-refractivity contribution is -0.0672. The molecule has 2 nitrogen and oxygen atoms in total. The van der Waals surface area contributed by atoms with Crippen LogP contribution in [0.25, 0.3) is 0 Å². The quantitative estimate of drug-likeness (QED) is 0.414. The van der Waals surface area contributed by atoms with Crippen LogP contribution in [0.1, 0.15) is 6.42 Å². The maximum Gasteiger partial charge on any atom is 0.128 e. The SMILES string of the molecule is N#CC1CCN1F. The molecule has 0 N–H and O–H groups in total. The molecule has 0 aromatic carbocycles. The largest absolute Gasteiger partial charge is 0.196 e. The summed E-state index contributed by atoms with van der Waals surface area (Å²) >= 11 is 0. The Labute approximate surface area is 41.1 Å². The Morgan fingerprint density at radius 3 is 2.57 bits per heavy atom. The zero-order valence-corrected chi connectivity index (χ0v) is 3.76. The van der Waals surface area contributed by atoms with Gasteiger partial charge in [0, 0.05) is 6.54 Å². The van der Waals surface area contributed by atoms with Gasteiger partial charge in [-0.05, 0) is 6.42 Å². The number of rotatable bonds is 0. The zero-order chi connectivity index (χ0) is 5.28.